The number of rotatable bonds is 0. The molecular weight excluding hydrogens is 94.1 g/mol. The molecule has 0 bridgehead atoms. The average molecular weight is 101 g/mol. The molecule has 0 atom stereocenters. The molecule has 0 aliphatic carbocycles. The van der Waals surface area contributed by atoms with Crippen LogP contribution < -0.4 is 4.72 Å². The number of hydrogen-bond donors (Lipinski definition) is 2. The van der Waals surface area contributed by atoms with Crippen molar-refractivity contribution in [1.82, 2.24) is 4.72 Å². The molecule has 1 aliphatic heterocycles. The second-order valence-electron chi connectivity index (χ2n) is 1.22. The van der Waals surface area contributed by atoms with E-state index < -0.39 is 0 Å². The van der Waals surface area contributed by atoms with Gasteiger partial charge in [0, 0.05) is 6.20 Å². The fourth-order valence-corrected chi connectivity index (χ4v) is 0.836. The fraction of sp³-hybridized carbons (Fsp3) is 0.250. The molecule has 6 heavy (non-hydrogen) atoms. The molecular formula is C4H7NS. The van der Waals surface area contributed by atoms with Crippen molar-refractivity contribution >= 4 is 16.4 Å². The molecule has 1 aliphatic rings. The molecule has 1 heterocycles. The van der Waals surface area contributed by atoms with Crippen molar-refractivity contribution in [3.05, 3.63) is 12.3 Å². The maximum atomic E-state index is 3.03. The normalized spacial score (nSPS) is 18.5. The summed E-state index contributed by atoms with van der Waals surface area (Å²) in [6, 6.07) is 0. The maximum Gasteiger partial charge on any atom is 0.00732 e. The summed E-state index contributed by atoms with van der Waals surface area (Å²) in [5, 5.41) is 0. The highest BCUT2D eigenvalue weighted by Crippen LogP contribution is 1.93. The van der Waals surface area contributed by atoms with Crippen LogP contribution in [0.15, 0.2) is 12.3 Å². The Bertz CT molecular complexity index is 101. The van der Waals surface area contributed by atoms with Gasteiger partial charge in [0.2, 0.25) is 0 Å². The molecule has 0 amide bonds. The van der Waals surface area contributed by atoms with E-state index in [0.29, 0.717) is 0 Å². The van der Waals surface area contributed by atoms with E-state index in [0.717, 1.165) is 0 Å². The third-order valence-corrected chi connectivity index (χ3v) is 1.42. The van der Waals surface area contributed by atoms with Gasteiger partial charge in [-0.05, 0) is 17.9 Å². The topological polar surface area (TPSA) is 12.0 Å². The lowest BCUT2D eigenvalue weighted by Crippen LogP contribution is -1.76. The van der Waals surface area contributed by atoms with Crippen LogP contribution in [-0.2, 0) is 0 Å². The second kappa shape index (κ2) is 1.47. The van der Waals surface area contributed by atoms with Crippen LogP contribution in [0.25, 0.3) is 0 Å². The van der Waals surface area contributed by atoms with Crippen LogP contribution in [0.3, 0.4) is 0 Å². The van der Waals surface area contributed by atoms with Gasteiger partial charge in [-0.2, -0.15) is 0 Å². The second-order valence-corrected chi connectivity index (χ2v) is 2.40. The Morgan fingerprint density at radius 3 is 2.83 bits per heavy atom. The van der Waals surface area contributed by atoms with Crippen molar-refractivity contribution in [1.29, 1.82) is 0 Å². The van der Waals surface area contributed by atoms with Gasteiger partial charge in [0.15, 0.2) is 0 Å². The minimum atomic E-state index is 1.25. The first kappa shape index (κ1) is 3.93. The van der Waals surface area contributed by atoms with Gasteiger partial charge in [-0.15, -0.1) is 11.5 Å². The monoisotopic (exact) mass is 101 g/mol. The standard InChI is InChI=1S/C4H7NS/c1-4-2-3-5-6-4/h2-3,5-6H,1H3. The van der Waals surface area contributed by atoms with Gasteiger partial charge in [0.25, 0.3) is 0 Å². The molecule has 1 nitrogen and oxygen atoms in total. The highest BCUT2D eigenvalue weighted by Gasteiger charge is 1.82. The van der Waals surface area contributed by atoms with E-state index in [-0.39, 0.29) is 0 Å². The lowest BCUT2D eigenvalue weighted by molar-refractivity contribution is 1.46. The van der Waals surface area contributed by atoms with Crippen molar-refractivity contribution < 1.29 is 0 Å². The highest BCUT2D eigenvalue weighted by molar-refractivity contribution is 7.97. The zero-order chi connectivity index (χ0) is 4.41. The summed E-state index contributed by atoms with van der Waals surface area (Å²) < 4.78 is 3.03. The third-order valence-electron chi connectivity index (χ3n) is 0.640. The Morgan fingerprint density at radius 2 is 2.67 bits per heavy atom. The summed E-state index contributed by atoms with van der Waals surface area (Å²) in [7, 11) is 0. The van der Waals surface area contributed by atoms with Crippen molar-refractivity contribution in [2.75, 3.05) is 0 Å². The van der Waals surface area contributed by atoms with Crippen molar-refractivity contribution in [2.24, 2.45) is 0 Å². The van der Waals surface area contributed by atoms with E-state index in [2.05, 4.69) is 17.7 Å². The number of thiol groups is 1. The van der Waals surface area contributed by atoms with Crippen LogP contribution in [0.4, 0.5) is 0 Å². The first-order valence-corrected chi connectivity index (χ1v) is 2.75. The van der Waals surface area contributed by atoms with Gasteiger partial charge in [-0.3, -0.25) is 0 Å². The molecule has 0 unspecified atom stereocenters. The van der Waals surface area contributed by atoms with Crippen molar-refractivity contribution in [3.63, 3.8) is 0 Å². The number of nitrogens with one attached hydrogen (secondary N) is 1. The Balaban J connectivity index is 2.68. The van der Waals surface area contributed by atoms with Crippen LogP contribution in [0, 0.1) is 0 Å². The fourth-order valence-electron chi connectivity index (χ4n) is 0.334. The average Bonchev–Trinajstić information content (AvgIpc) is 1.86. The molecule has 0 aromatic heterocycles. The van der Waals surface area contributed by atoms with Gasteiger partial charge < -0.3 is 4.72 Å². The molecule has 0 radical (unpaired) electrons. The summed E-state index contributed by atoms with van der Waals surface area (Å²) in [6.07, 6.45) is 4.03. The maximum absolute atomic E-state index is 3.03. The van der Waals surface area contributed by atoms with Gasteiger partial charge in [-0.1, -0.05) is 0 Å². The summed E-state index contributed by atoms with van der Waals surface area (Å²) in [5.74, 6) is 0. The summed E-state index contributed by atoms with van der Waals surface area (Å²) >= 11 is 1.25. The molecule has 0 fully saturated rings. The number of allylic oxidation sites excluding steroid dienone is 1. The Hall–Kier alpha value is -0.240. The van der Waals surface area contributed by atoms with Gasteiger partial charge in [-0.25, -0.2) is 0 Å². The summed E-state index contributed by atoms with van der Waals surface area (Å²) in [6.45, 7) is 2.10. The van der Waals surface area contributed by atoms with Crippen molar-refractivity contribution in [3.8, 4) is 0 Å². The zero-order valence-corrected chi connectivity index (χ0v) is 4.50. The molecule has 0 aromatic carbocycles. The predicted molar refractivity (Wildman–Crippen MR) is 31.9 cm³/mol. The number of hydrogen-bond acceptors (Lipinski definition) is 1. The summed E-state index contributed by atoms with van der Waals surface area (Å²) in [5.41, 5.74) is 0. The van der Waals surface area contributed by atoms with Crippen LogP contribution in [0.2, 0.25) is 0 Å². The summed E-state index contributed by atoms with van der Waals surface area (Å²) in [4.78, 5) is 1.38. The molecule has 1 N–H and O–H groups in total. The predicted octanol–water partition coefficient (Wildman–Crippen LogP) is 0.676. The smallest absolute Gasteiger partial charge is 0.00732 e. The molecule has 1 rings (SSSR count). The minimum Gasteiger partial charge on any atom is -0.344 e. The molecule has 2 heteroatoms. The van der Waals surface area contributed by atoms with Crippen molar-refractivity contribution in [2.45, 2.75) is 6.92 Å². The van der Waals surface area contributed by atoms with E-state index >= 15 is 0 Å². The van der Waals surface area contributed by atoms with Crippen LogP contribution in [-0.4, -0.2) is 4.86 Å². The molecule has 0 aromatic rings. The Labute approximate surface area is 41.2 Å². The SMILES string of the molecule is CC1=[SH]NC=C1. The molecule has 0 saturated heterocycles. The zero-order valence-electron chi connectivity index (χ0n) is 3.60. The van der Waals surface area contributed by atoms with E-state index in [1.165, 1.54) is 16.4 Å². The van der Waals surface area contributed by atoms with Gasteiger partial charge in [0.1, 0.15) is 0 Å². The van der Waals surface area contributed by atoms with Gasteiger partial charge in [0.05, 0.1) is 0 Å². The van der Waals surface area contributed by atoms with E-state index in [1.807, 2.05) is 6.20 Å². The van der Waals surface area contributed by atoms with Crippen LogP contribution >= 0.6 is 11.5 Å². The Kier molecular flexibility index (Phi) is 0.965. The molecule has 34 valence electrons. The quantitative estimate of drug-likeness (QED) is 0.338. The molecule has 0 saturated carbocycles. The van der Waals surface area contributed by atoms with Gasteiger partial charge >= 0.3 is 0 Å². The van der Waals surface area contributed by atoms with Crippen LogP contribution in [0.1, 0.15) is 6.92 Å². The minimum absolute atomic E-state index is 1.25. The van der Waals surface area contributed by atoms with E-state index in [1.54, 1.807) is 0 Å². The first-order valence-electron chi connectivity index (χ1n) is 1.86. The van der Waals surface area contributed by atoms with E-state index in [4.69, 9.17) is 0 Å². The van der Waals surface area contributed by atoms with E-state index in [9.17, 15) is 0 Å². The highest BCUT2D eigenvalue weighted by atomic mass is 32.1. The third kappa shape index (κ3) is 0.627. The lowest BCUT2D eigenvalue weighted by atomic mass is 10.5. The first-order chi connectivity index (χ1) is 2.89. The molecule has 0 spiro atoms. The van der Waals surface area contributed by atoms with Crippen LogP contribution in [0.5, 0.6) is 0 Å². The Morgan fingerprint density at radius 1 is 1.83 bits per heavy atom. The lowest BCUT2D eigenvalue weighted by Gasteiger charge is -1.76. The largest absolute Gasteiger partial charge is 0.344 e.